The van der Waals surface area contributed by atoms with Crippen molar-refractivity contribution >= 4 is 21.6 Å². The molecule has 128 valence electrons. The smallest absolute Gasteiger partial charge is 0.242 e. The highest BCUT2D eigenvalue weighted by molar-refractivity contribution is 7.89. The van der Waals surface area contributed by atoms with Crippen molar-refractivity contribution in [1.29, 1.82) is 0 Å². The summed E-state index contributed by atoms with van der Waals surface area (Å²) in [5.74, 6) is -0.850. The van der Waals surface area contributed by atoms with E-state index in [4.69, 9.17) is 0 Å². The molecule has 0 radical (unpaired) electrons. The van der Waals surface area contributed by atoms with Crippen LogP contribution in [0, 0.1) is 12.7 Å². The first kappa shape index (κ1) is 18.1. The lowest BCUT2D eigenvalue weighted by Crippen LogP contribution is -2.40. The Kier molecular flexibility index (Phi) is 5.69. The molecule has 24 heavy (non-hydrogen) atoms. The average molecular weight is 350 g/mol. The van der Waals surface area contributed by atoms with Gasteiger partial charge in [0, 0.05) is 12.2 Å². The van der Waals surface area contributed by atoms with E-state index in [9.17, 15) is 17.6 Å². The largest absolute Gasteiger partial charge is 0.312 e. The number of nitrogens with one attached hydrogen (secondary N) is 1. The quantitative estimate of drug-likeness (QED) is 0.870. The van der Waals surface area contributed by atoms with Gasteiger partial charge in [-0.15, -0.1) is 0 Å². The van der Waals surface area contributed by atoms with E-state index in [0.717, 1.165) is 6.07 Å². The first-order valence-corrected chi connectivity index (χ1v) is 8.94. The molecule has 0 spiro atoms. The molecule has 5 nitrogen and oxygen atoms in total. The Morgan fingerprint density at radius 1 is 1.17 bits per heavy atom. The van der Waals surface area contributed by atoms with Crippen molar-refractivity contribution in [2.24, 2.45) is 0 Å². The molecule has 0 aliphatic heterocycles. The molecule has 0 unspecified atom stereocenters. The Hall–Kier alpha value is -2.25. The molecule has 0 saturated heterocycles. The number of sulfonamides is 1. The SMILES string of the molecule is CCN(C(=O)CNS(=O)(=O)c1ccc(F)c(C)c1)c1ccccc1. The number of rotatable bonds is 6. The maximum Gasteiger partial charge on any atom is 0.242 e. The van der Waals surface area contributed by atoms with Crippen molar-refractivity contribution < 1.29 is 17.6 Å². The van der Waals surface area contributed by atoms with Gasteiger partial charge in [0.1, 0.15) is 5.82 Å². The summed E-state index contributed by atoms with van der Waals surface area (Å²) in [4.78, 5) is 13.7. The minimum Gasteiger partial charge on any atom is -0.312 e. The highest BCUT2D eigenvalue weighted by Crippen LogP contribution is 2.15. The van der Waals surface area contributed by atoms with Crippen LogP contribution in [-0.2, 0) is 14.8 Å². The normalized spacial score (nSPS) is 11.3. The van der Waals surface area contributed by atoms with Crippen molar-refractivity contribution in [2.75, 3.05) is 18.0 Å². The maximum atomic E-state index is 13.3. The van der Waals surface area contributed by atoms with Crippen LogP contribution in [0.1, 0.15) is 12.5 Å². The van der Waals surface area contributed by atoms with Gasteiger partial charge in [-0.25, -0.2) is 17.5 Å². The number of halogens is 1. The lowest BCUT2D eigenvalue weighted by Gasteiger charge is -2.21. The predicted molar refractivity (Wildman–Crippen MR) is 90.8 cm³/mol. The van der Waals surface area contributed by atoms with Crippen LogP contribution in [-0.4, -0.2) is 27.4 Å². The second-order valence-electron chi connectivity index (χ2n) is 5.21. The monoisotopic (exact) mass is 350 g/mol. The fraction of sp³-hybridized carbons (Fsp3) is 0.235. The summed E-state index contributed by atoms with van der Waals surface area (Å²) >= 11 is 0. The molecule has 2 aromatic rings. The van der Waals surface area contributed by atoms with E-state index in [0.29, 0.717) is 12.2 Å². The van der Waals surface area contributed by atoms with Gasteiger partial charge in [-0.1, -0.05) is 18.2 Å². The zero-order valence-corrected chi connectivity index (χ0v) is 14.3. The molecule has 0 saturated carbocycles. The van der Waals surface area contributed by atoms with Crippen molar-refractivity contribution in [2.45, 2.75) is 18.7 Å². The molecular weight excluding hydrogens is 331 g/mol. The standard InChI is InChI=1S/C17H19FN2O3S/c1-3-20(14-7-5-4-6-8-14)17(21)12-19-24(22,23)15-9-10-16(18)13(2)11-15/h4-11,19H,3,12H2,1-2H3. The average Bonchev–Trinajstić information content (AvgIpc) is 2.57. The number of likely N-dealkylation sites (N-methyl/N-ethyl adjacent to an activating group) is 1. The molecule has 0 aliphatic rings. The topological polar surface area (TPSA) is 66.5 Å². The lowest BCUT2D eigenvalue weighted by molar-refractivity contribution is -0.117. The van der Waals surface area contributed by atoms with Gasteiger partial charge in [0.15, 0.2) is 0 Å². The summed E-state index contributed by atoms with van der Waals surface area (Å²) in [6.45, 7) is 3.33. The van der Waals surface area contributed by atoms with Crippen molar-refractivity contribution in [1.82, 2.24) is 4.72 Å². The minimum absolute atomic E-state index is 0.0723. The molecule has 0 aliphatic carbocycles. The van der Waals surface area contributed by atoms with Gasteiger partial charge in [-0.05, 0) is 49.7 Å². The minimum atomic E-state index is -3.88. The molecule has 0 fully saturated rings. The zero-order chi connectivity index (χ0) is 17.7. The number of aryl methyl sites for hydroxylation is 1. The number of amides is 1. The maximum absolute atomic E-state index is 13.3. The Morgan fingerprint density at radius 3 is 2.42 bits per heavy atom. The third-order valence-electron chi connectivity index (χ3n) is 3.54. The molecule has 0 atom stereocenters. The highest BCUT2D eigenvalue weighted by atomic mass is 32.2. The number of benzene rings is 2. The van der Waals surface area contributed by atoms with Crippen LogP contribution < -0.4 is 9.62 Å². The Balaban J connectivity index is 2.10. The van der Waals surface area contributed by atoms with Gasteiger partial charge in [0.2, 0.25) is 15.9 Å². The number of para-hydroxylation sites is 1. The Morgan fingerprint density at radius 2 is 1.83 bits per heavy atom. The summed E-state index contributed by atoms with van der Waals surface area (Å²) in [5, 5.41) is 0. The van der Waals surface area contributed by atoms with Crippen LogP contribution in [0.25, 0.3) is 0 Å². The van der Waals surface area contributed by atoms with E-state index in [1.807, 2.05) is 13.0 Å². The van der Waals surface area contributed by atoms with Gasteiger partial charge < -0.3 is 4.90 Å². The van der Waals surface area contributed by atoms with Gasteiger partial charge in [-0.3, -0.25) is 4.79 Å². The number of nitrogens with zero attached hydrogens (tertiary/aromatic N) is 1. The number of hydrogen-bond acceptors (Lipinski definition) is 3. The second-order valence-corrected chi connectivity index (χ2v) is 6.98. The van der Waals surface area contributed by atoms with Crippen molar-refractivity contribution in [3.8, 4) is 0 Å². The molecule has 0 heterocycles. The molecule has 7 heteroatoms. The van der Waals surface area contributed by atoms with E-state index >= 15 is 0 Å². The number of anilines is 1. The van der Waals surface area contributed by atoms with Crippen molar-refractivity contribution in [3.63, 3.8) is 0 Å². The third-order valence-corrected chi connectivity index (χ3v) is 4.94. The molecule has 2 rings (SSSR count). The highest BCUT2D eigenvalue weighted by Gasteiger charge is 2.19. The first-order valence-electron chi connectivity index (χ1n) is 7.46. The Bertz CT molecular complexity index is 823. The fourth-order valence-electron chi connectivity index (χ4n) is 2.23. The summed E-state index contributed by atoms with van der Waals surface area (Å²) in [6, 6.07) is 12.5. The molecule has 0 aromatic heterocycles. The Labute approximate surface area is 141 Å². The molecule has 1 amide bonds. The summed E-state index contributed by atoms with van der Waals surface area (Å²) < 4.78 is 40.0. The van der Waals surface area contributed by atoms with E-state index in [2.05, 4.69) is 4.72 Å². The van der Waals surface area contributed by atoms with E-state index in [-0.39, 0.29) is 22.9 Å². The van der Waals surface area contributed by atoms with Crippen LogP contribution in [0.5, 0.6) is 0 Å². The van der Waals surface area contributed by atoms with Gasteiger partial charge in [-0.2, -0.15) is 0 Å². The van der Waals surface area contributed by atoms with Gasteiger partial charge >= 0.3 is 0 Å². The number of hydrogen-bond donors (Lipinski definition) is 1. The van der Waals surface area contributed by atoms with E-state index < -0.39 is 15.8 Å². The summed E-state index contributed by atoms with van der Waals surface area (Å²) in [7, 11) is -3.88. The number of carbonyl (C=O) groups excluding carboxylic acids is 1. The molecule has 1 N–H and O–H groups in total. The molecule has 0 bridgehead atoms. The van der Waals surface area contributed by atoms with Crippen LogP contribution in [0.3, 0.4) is 0 Å². The molecule has 2 aromatic carbocycles. The van der Waals surface area contributed by atoms with Gasteiger partial charge in [0.25, 0.3) is 0 Å². The lowest BCUT2D eigenvalue weighted by atomic mass is 10.2. The second kappa shape index (κ2) is 7.55. The third kappa shape index (κ3) is 4.18. The fourth-order valence-corrected chi connectivity index (χ4v) is 3.29. The zero-order valence-electron chi connectivity index (χ0n) is 13.5. The van der Waals surface area contributed by atoms with E-state index in [1.54, 1.807) is 24.3 Å². The van der Waals surface area contributed by atoms with Crippen LogP contribution in [0.4, 0.5) is 10.1 Å². The van der Waals surface area contributed by atoms with Crippen LogP contribution >= 0.6 is 0 Å². The summed E-state index contributed by atoms with van der Waals surface area (Å²) in [5.41, 5.74) is 0.922. The van der Waals surface area contributed by atoms with Crippen LogP contribution in [0.15, 0.2) is 53.4 Å². The molecular formula is C17H19FN2O3S. The predicted octanol–water partition coefficient (Wildman–Crippen LogP) is 2.47. The number of carbonyl (C=O) groups is 1. The van der Waals surface area contributed by atoms with Crippen LogP contribution in [0.2, 0.25) is 0 Å². The first-order chi connectivity index (χ1) is 11.3. The van der Waals surface area contributed by atoms with E-state index in [1.165, 1.54) is 24.0 Å². The van der Waals surface area contributed by atoms with Gasteiger partial charge in [0.05, 0.1) is 11.4 Å². The summed E-state index contributed by atoms with van der Waals surface area (Å²) in [6.07, 6.45) is 0. The van der Waals surface area contributed by atoms with Crippen molar-refractivity contribution in [3.05, 3.63) is 59.9 Å².